The number of halogens is 1. The maximum absolute atomic E-state index is 14.5. The minimum Gasteiger partial charge on any atom is -0.494 e. The standard InChI is InChI=1S/C36H41FN8O3/c1-21(46)42-17-26(18-42)29-6-4-5-24-10-31(44(33(24)29)15-22-7-8-22)35-40-30-9-25(36(47)43-19-27(37)12-28(38)20-43)11-32(48-3)34(30)45(35)16-23-13-39-41(2)14-23/h4-6,9-11,13-14,22,26-28H,7-8,12,15-20,38H2,1-3H3/t27?,28-/m1/s1. The maximum Gasteiger partial charge on any atom is 0.254 e. The Hall–Kier alpha value is -4.71. The van der Waals surface area contributed by atoms with Crippen LogP contribution >= 0.6 is 0 Å². The Morgan fingerprint density at radius 1 is 1.04 bits per heavy atom. The Morgan fingerprint density at radius 3 is 2.54 bits per heavy atom. The van der Waals surface area contributed by atoms with Gasteiger partial charge in [0.05, 0.1) is 43.1 Å². The first-order chi connectivity index (χ1) is 23.2. The first-order valence-electron chi connectivity index (χ1n) is 16.8. The number of carbonyl (C=O) groups excluding carboxylic acids is 2. The number of imidazole rings is 1. The SMILES string of the molecule is COc1cc(C(=O)N2CC(F)C[C@@H](N)C2)cc2nc(-c3cc4cccc(C5CN(C(C)=O)C5)c4n3CC3CC3)n(Cc3cnn(C)c3)c12. The summed E-state index contributed by atoms with van der Waals surface area (Å²) in [5, 5.41) is 5.55. The second-order valence-electron chi connectivity index (χ2n) is 13.9. The van der Waals surface area contributed by atoms with E-state index in [1.807, 2.05) is 24.3 Å². The highest BCUT2D eigenvalue weighted by Crippen LogP contribution is 2.41. The number of nitrogens with two attached hydrogens (primary N) is 1. The van der Waals surface area contributed by atoms with Crippen molar-refractivity contribution in [3.05, 3.63) is 65.5 Å². The van der Waals surface area contributed by atoms with E-state index in [9.17, 15) is 14.0 Å². The molecule has 5 heterocycles. The van der Waals surface area contributed by atoms with Gasteiger partial charge in [0.2, 0.25) is 5.91 Å². The molecule has 1 unspecified atom stereocenters. The molecular weight excluding hydrogens is 611 g/mol. The third-order valence-corrected chi connectivity index (χ3v) is 10.2. The van der Waals surface area contributed by atoms with Crippen LogP contribution in [0.15, 0.2) is 48.8 Å². The van der Waals surface area contributed by atoms with Gasteiger partial charge in [-0.05, 0) is 48.9 Å². The van der Waals surface area contributed by atoms with E-state index in [4.69, 9.17) is 15.5 Å². The number of hydrogen-bond donors (Lipinski definition) is 1. The molecular formula is C36H41FN8O3. The molecule has 1 saturated carbocycles. The van der Waals surface area contributed by atoms with Gasteiger partial charge in [-0.1, -0.05) is 18.2 Å². The first-order valence-corrected chi connectivity index (χ1v) is 16.8. The van der Waals surface area contributed by atoms with Crippen LogP contribution in [-0.4, -0.2) is 91.0 Å². The monoisotopic (exact) mass is 652 g/mol. The van der Waals surface area contributed by atoms with Crippen LogP contribution in [0.4, 0.5) is 4.39 Å². The fraction of sp³-hybridized carbons (Fsp3) is 0.444. The van der Waals surface area contributed by atoms with Gasteiger partial charge in [0.1, 0.15) is 17.4 Å². The molecule has 3 aliphatic rings. The van der Waals surface area contributed by atoms with Crippen molar-refractivity contribution in [2.24, 2.45) is 18.7 Å². The molecule has 48 heavy (non-hydrogen) atoms. The number of nitrogens with zero attached hydrogens (tertiary/aromatic N) is 7. The minimum absolute atomic E-state index is 0.0162. The first kappa shape index (κ1) is 30.6. The number of methoxy groups -OCH3 is 1. The molecule has 3 fully saturated rings. The van der Waals surface area contributed by atoms with Gasteiger partial charge < -0.3 is 29.4 Å². The Morgan fingerprint density at radius 2 is 1.85 bits per heavy atom. The molecule has 2 aliphatic heterocycles. The lowest BCUT2D eigenvalue weighted by molar-refractivity contribution is -0.133. The van der Waals surface area contributed by atoms with Gasteiger partial charge in [0, 0.05) is 74.8 Å². The highest BCUT2D eigenvalue weighted by Gasteiger charge is 2.34. The number of para-hydroxylation sites is 1. The van der Waals surface area contributed by atoms with Gasteiger partial charge in [-0.3, -0.25) is 14.3 Å². The molecule has 5 aromatic rings. The zero-order chi connectivity index (χ0) is 33.3. The minimum atomic E-state index is -1.16. The second kappa shape index (κ2) is 11.8. The van der Waals surface area contributed by atoms with Crippen molar-refractivity contribution in [2.75, 3.05) is 33.3 Å². The topological polar surface area (TPSA) is 116 Å². The molecule has 12 heteroatoms. The van der Waals surface area contributed by atoms with E-state index in [-0.39, 0.29) is 30.7 Å². The molecule has 0 spiro atoms. The summed E-state index contributed by atoms with van der Waals surface area (Å²) < 4.78 is 26.8. The molecule has 8 rings (SSSR count). The predicted octanol–water partition coefficient (Wildman–Crippen LogP) is 4.32. The van der Waals surface area contributed by atoms with E-state index in [1.54, 1.807) is 30.8 Å². The lowest BCUT2D eigenvalue weighted by Crippen LogP contribution is -2.50. The number of alkyl halides is 1. The largest absolute Gasteiger partial charge is 0.494 e. The normalized spacial score (nSPS) is 20.1. The number of rotatable bonds is 8. The summed E-state index contributed by atoms with van der Waals surface area (Å²) in [5.74, 6) is 1.96. The molecule has 250 valence electrons. The number of carbonyl (C=O) groups is 2. The van der Waals surface area contributed by atoms with Crippen molar-refractivity contribution in [3.63, 3.8) is 0 Å². The fourth-order valence-electron chi connectivity index (χ4n) is 7.57. The summed E-state index contributed by atoms with van der Waals surface area (Å²) in [6.45, 7) is 4.74. The van der Waals surface area contributed by atoms with Crippen molar-refractivity contribution < 1.29 is 18.7 Å². The van der Waals surface area contributed by atoms with Crippen LogP contribution in [0.3, 0.4) is 0 Å². The van der Waals surface area contributed by atoms with E-state index < -0.39 is 12.2 Å². The number of amides is 2. The van der Waals surface area contributed by atoms with Gasteiger partial charge in [0.15, 0.2) is 5.82 Å². The Balaban J connectivity index is 1.30. The molecule has 2 atom stereocenters. The summed E-state index contributed by atoms with van der Waals surface area (Å²) in [6.07, 6.45) is 5.31. The Kier molecular flexibility index (Phi) is 7.50. The van der Waals surface area contributed by atoms with Crippen LogP contribution in [0.2, 0.25) is 0 Å². The highest BCUT2D eigenvalue weighted by molar-refractivity contribution is 6.00. The summed E-state index contributed by atoms with van der Waals surface area (Å²) >= 11 is 0. The summed E-state index contributed by atoms with van der Waals surface area (Å²) in [4.78, 5) is 34.4. The van der Waals surface area contributed by atoms with Crippen molar-refractivity contribution in [3.8, 4) is 17.3 Å². The number of aryl methyl sites for hydroxylation is 1. The highest BCUT2D eigenvalue weighted by atomic mass is 19.1. The van der Waals surface area contributed by atoms with E-state index >= 15 is 0 Å². The molecule has 0 bridgehead atoms. The summed E-state index contributed by atoms with van der Waals surface area (Å²) in [5.41, 5.74) is 12.3. The van der Waals surface area contributed by atoms with Crippen LogP contribution in [0.25, 0.3) is 33.5 Å². The number of aromatic nitrogens is 5. The molecule has 11 nitrogen and oxygen atoms in total. The smallest absolute Gasteiger partial charge is 0.254 e. The molecule has 2 aromatic carbocycles. The molecule has 0 radical (unpaired) electrons. The summed E-state index contributed by atoms with van der Waals surface area (Å²) in [6, 6.07) is 11.8. The number of hydrogen-bond acceptors (Lipinski definition) is 6. The molecule has 3 aromatic heterocycles. The van der Waals surface area contributed by atoms with Gasteiger partial charge in [-0.15, -0.1) is 0 Å². The number of ether oxygens (including phenoxy) is 1. The number of benzene rings is 2. The zero-order valence-corrected chi connectivity index (χ0v) is 27.6. The number of piperidine rings is 1. The van der Waals surface area contributed by atoms with E-state index in [0.29, 0.717) is 35.8 Å². The maximum atomic E-state index is 14.5. The molecule has 2 amide bonds. The molecule has 2 N–H and O–H groups in total. The average Bonchev–Trinajstić information content (AvgIpc) is 3.47. The second-order valence-corrected chi connectivity index (χ2v) is 13.9. The lowest BCUT2D eigenvalue weighted by Gasteiger charge is -2.39. The summed E-state index contributed by atoms with van der Waals surface area (Å²) in [7, 11) is 3.49. The van der Waals surface area contributed by atoms with Crippen molar-refractivity contribution in [2.45, 2.75) is 57.4 Å². The van der Waals surface area contributed by atoms with E-state index in [0.717, 1.165) is 47.6 Å². The van der Waals surface area contributed by atoms with Crippen LogP contribution in [0.1, 0.15) is 53.6 Å². The number of likely N-dealkylation sites (tertiary alicyclic amines) is 2. The van der Waals surface area contributed by atoms with Crippen LogP contribution in [-0.2, 0) is 24.9 Å². The zero-order valence-electron chi connectivity index (χ0n) is 27.6. The van der Waals surface area contributed by atoms with Gasteiger partial charge in [0.25, 0.3) is 5.91 Å². The van der Waals surface area contributed by atoms with E-state index in [1.165, 1.54) is 28.8 Å². The Bertz CT molecular complexity index is 2040. The third-order valence-electron chi connectivity index (χ3n) is 10.2. The molecule has 1 aliphatic carbocycles. The van der Waals surface area contributed by atoms with Crippen molar-refractivity contribution in [1.82, 2.24) is 33.7 Å². The van der Waals surface area contributed by atoms with E-state index in [2.05, 4.69) is 38.5 Å². The fourth-order valence-corrected chi connectivity index (χ4v) is 7.57. The average molecular weight is 653 g/mol. The van der Waals surface area contributed by atoms with Gasteiger partial charge in [-0.2, -0.15) is 5.10 Å². The predicted molar refractivity (Wildman–Crippen MR) is 181 cm³/mol. The van der Waals surface area contributed by atoms with Gasteiger partial charge >= 0.3 is 0 Å². The third kappa shape index (κ3) is 5.41. The van der Waals surface area contributed by atoms with Crippen LogP contribution < -0.4 is 10.5 Å². The van der Waals surface area contributed by atoms with Crippen LogP contribution in [0, 0.1) is 5.92 Å². The Labute approximate surface area is 278 Å². The molecule has 2 saturated heterocycles. The van der Waals surface area contributed by atoms with Gasteiger partial charge in [-0.25, -0.2) is 9.37 Å². The van der Waals surface area contributed by atoms with Crippen molar-refractivity contribution >= 4 is 33.8 Å². The number of fused-ring (bicyclic) bond motifs is 2. The van der Waals surface area contributed by atoms with Crippen molar-refractivity contribution in [1.29, 1.82) is 0 Å². The van der Waals surface area contributed by atoms with Crippen LogP contribution in [0.5, 0.6) is 5.75 Å². The lowest BCUT2D eigenvalue weighted by atomic mass is 9.90. The quantitative estimate of drug-likeness (QED) is 0.267.